The first-order valence-corrected chi connectivity index (χ1v) is 9.64. The Morgan fingerprint density at radius 3 is 2.76 bits per heavy atom. The van der Waals surface area contributed by atoms with Gasteiger partial charge in [-0.1, -0.05) is 18.2 Å². The van der Waals surface area contributed by atoms with Gasteiger partial charge in [-0.2, -0.15) is 0 Å². The minimum Gasteiger partial charge on any atom is -0.357 e. The molecule has 0 fully saturated rings. The molecule has 5 rings (SSSR count). The summed E-state index contributed by atoms with van der Waals surface area (Å²) in [7, 11) is 0. The molecule has 0 bridgehead atoms. The lowest BCUT2D eigenvalue weighted by atomic mass is 10.1. The van der Waals surface area contributed by atoms with Crippen molar-refractivity contribution in [1.82, 2.24) is 14.5 Å². The van der Waals surface area contributed by atoms with Crippen molar-refractivity contribution in [3.8, 4) is 11.3 Å². The number of para-hydroxylation sites is 1. The first kappa shape index (κ1) is 17.7. The lowest BCUT2D eigenvalue weighted by molar-refractivity contribution is 0.238. The second kappa shape index (κ2) is 6.61. The van der Waals surface area contributed by atoms with Gasteiger partial charge in [-0.15, -0.1) is 0 Å². The molecule has 8 nitrogen and oxygen atoms in total. The van der Waals surface area contributed by atoms with Crippen LogP contribution >= 0.6 is 0 Å². The van der Waals surface area contributed by atoms with Gasteiger partial charge in [0, 0.05) is 28.7 Å². The van der Waals surface area contributed by atoms with Gasteiger partial charge in [0.15, 0.2) is 0 Å². The molecule has 0 saturated heterocycles. The molecule has 0 spiro atoms. The summed E-state index contributed by atoms with van der Waals surface area (Å²) >= 11 is 0. The third-order valence-electron chi connectivity index (χ3n) is 5.47. The van der Waals surface area contributed by atoms with Gasteiger partial charge in [0.25, 0.3) is 5.56 Å². The number of rotatable bonds is 4. The van der Waals surface area contributed by atoms with Gasteiger partial charge in [-0.25, -0.2) is 4.98 Å². The van der Waals surface area contributed by atoms with Crippen LogP contribution in [0.2, 0.25) is 0 Å². The average Bonchev–Trinajstić information content (AvgIpc) is 3.19. The number of aromatic nitrogens is 3. The summed E-state index contributed by atoms with van der Waals surface area (Å²) in [6.45, 7) is 3.41. The van der Waals surface area contributed by atoms with Crippen LogP contribution < -0.4 is 21.9 Å². The minimum absolute atomic E-state index is 0.242. The highest BCUT2D eigenvalue weighted by Crippen LogP contribution is 2.35. The number of nitrogens with two attached hydrogens (primary N) is 1. The van der Waals surface area contributed by atoms with Crippen LogP contribution in [0.25, 0.3) is 33.2 Å². The number of aliphatic hydroxyl groups is 1. The number of aromatic amines is 1. The SMILES string of the molecule is Cc1c(-c2nc3cc4c(cc3[nH]c2=O)NC(O)N4)c2ccccc2n1CCCN. The van der Waals surface area contributed by atoms with Crippen molar-refractivity contribution >= 4 is 33.3 Å². The van der Waals surface area contributed by atoms with Crippen molar-refractivity contribution in [3.63, 3.8) is 0 Å². The van der Waals surface area contributed by atoms with Crippen LogP contribution in [0.15, 0.2) is 41.2 Å². The van der Waals surface area contributed by atoms with E-state index in [1.54, 1.807) is 6.07 Å². The normalized spacial score (nSPS) is 15.5. The largest absolute Gasteiger partial charge is 0.357 e. The molecule has 1 aliphatic heterocycles. The molecule has 8 heteroatoms. The number of nitrogens with zero attached hydrogens (tertiary/aromatic N) is 2. The summed E-state index contributed by atoms with van der Waals surface area (Å²) in [6, 6.07) is 11.7. The van der Waals surface area contributed by atoms with Crippen LogP contribution in [0.4, 0.5) is 11.4 Å². The number of aryl methyl sites for hydroxylation is 1. The van der Waals surface area contributed by atoms with E-state index in [0.717, 1.165) is 46.5 Å². The Morgan fingerprint density at radius 2 is 1.97 bits per heavy atom. The molecule has 2 aromatic heterocycles. The smallest absolute Gasteiger partial charge is 0.275 e. The Hall–Kier alpha value is -3.36. The van der Waals surface area contributed by atoms with E-state index in [9.17, 15) is 9.90 Å². The van der Waals surface area contributed by atoms with Crippen LogP contribution in [0, 0.1) is 6.92 Å². The van der Waals surface area contributed by atoms with E-state index in [0.29, 0.717) is 23.3 Å². The number of H-pyrrole nitrogens is 1. The van der Waals surface area contributed by atoms with Crippen LogP contribution in [0.1, 0.15) is 12.1 Å². The van der Waals surface area contributed by atoms with E-state index in [1.807, 2.05) is 31.2 Å². The number of aliphatic hydroxyl groups excluding tert-OH is 1. The number of nitrogens with one attached hydrogen (secondary N) is 3. The lowest BCUT2D eigenvalue weighted by Crippen LogP contribution is -2.20. The Balaban J connectivity index is 1.75. The van der Waals surface area contributed by atoms with Crippen molar-refractivity contribution in [2.75, 3.05) is 17.2 Å². The van der Waals surface area contributed by atoms with Gasteiger partial charge in [-0.3, -0.25) is 4.79 Å². The summed E-state index contributed by atoms with van der Waals surface area (Å²) in [5.41, 5.74) is 11.5. The first-order valence-electron chi connectivity index (χ1n) is 9.64. The summed E-state index contributed by atoms with van der Waals surface area (Å²) in [4.78, 5) is 20.7. The molecule has 1 aliphatic rings. The van der Waals surface area contributed by atoms with Gasteiger partial charge in [0.2, 0.25) is 6.35 Å². The summed E-state index contributed by atoms with van der Waals surface area (Å²) in [5.74, 6) is 0. The van der Waals surface area contributed by atoms with Gasteiger partial charge in [0.05, 0.1) is 22.4 Å². The molecule has 4 aromatic rings. The van der Waals surface area contributed by atoms with Crippen molar-refractivity contribution in [3.05, 3.63) is 52.4 Å². The van der Waals surface area contributed by atoms with Crippen molar-refractivity contribution < 1.29 is 5.11 Å². The molecule has 1 atom stereocenters. The monoisotopic (exact) mass is 390 g/mol. The standard InChI is InChI=1S/C21H22N6O2/c1-11-18(12-5-2-3-6-17(12)27(11)8-4-7-22)19-20(28)24-14-10-16-15(9-13(14)23-19)25-21(29)26-16/h2-3,5-6,9-10,21,25-26,29H,4,7-8,22H2,1H3,(H,24,28). The van der Waals surface area contributed by atoms with E-state index in [-0.39, 0.29) is 5.56 Å². The van der Waals surface area contributed by atoms with Crippen molar-refractivity contribution in [2.24, 2.45) is 5.73 Å². The fourth-order valence-corrected chi connectivity index (χ4v) is 4.14. The van der Waals surface area contributed by atoms with E-state index in [1.165, 1.54) is 0 Å². The van der Waals surface area contributed by atoms with Crippen molar-refractivity contribution in [2.45, 2.75) is 26.2 Å². The Morgan fingerprint density at radius 1 is 1.21 bits per heavy atom. The predicted octanol–water partition coefficient (Wildman–Crippen LogP) is 2.32. The first-order chi connectivity index (χ1) is 14.1. The zero-order valence-electron chi connectivity index (χ0n) is 16.0. The third-order valence-corrected chi connectivity index (χ3v) is 5.47. The quantitative estimate of drug-likeness (QED) is 0.365. The Labute approximate surface area is 166 Å². The molecule has 0 radical (unpaired) electrons. The lowest BCUT2D eigenvalue weighted by Gasteiger charge is -2.08. The van der Waals surface area contributed by atoms with Crippen LogP contribution in [-0.2, 0) is 6.54 Å². The van der Waals surface area contributed by atoms with Gasteiger partial charge in [-0.05, 0) is 38.1 Å². The van der Waals surface area contributed by atoms with Crippen LogP contribution in [0.5, 0.6) is 0 Å². The molecule has 1 unspecified atom stereocenters. The van der Waals surface area contributed by atoms with E-state index in [4.69, 9.17) is 10.7 Å². The topological polar surface area (TPSA) is 121 Å². The molecule has 0 amide bonds. The summed E-state index contributed by atoms with van der Waals surface area (Å²) < 4.78 is 2.20. The Bertz CT molecular complexity index is 1310. The second-order valence-electron chi connectivity index (χ2n) is 7.29. The number of hydrogen-bond donors (Lipinski definition) is 5. The van der Waals surface area contributed by atoms with E-state index in [2.05, 4.69) is 26.3 Å². The number of benzene rings is 2. The zero-order chi connectivity index (χ0) is 20.1. The van der Waals surface area contributed by atoms with E-state index >= 15 is 0 Å². The van der Waals surface area contributed by atoms with Gasteiger partial charge >= 0.3 is 0 Å². The average molecular weight is 390 g/mol. The highest BCUT2D eigenvalue weighted by molar-refractivity contribution is 5.98. The molecule has 3 heterocycles. The second-order valence-corrected chi connectivity index (χ2v) is 7.29. The van der Waals surface area contributed by atoms with Crippen LogP contribution in [-0.4, -0.2) is 32.5 Å². The zero-order valence-corrected chi connectivity index (χ0v) is 16.0. The fraction of sp³-hybridized carbons (Fsp3) is 0.238. The van der Waals surface area contributed by atoms with Gasteiger partial charge < -0.3 is 31.0 Å². The third kappa shape index (κ3) is 2.76. The van der Waals surface area contributed by atoms with Gasteiger partial charge in [0.1, 0.15) is 5.69 Å². The molecule has 0 saturated carbocycles. The summed E-state index contributed by atoms with van der Waals surface area (Å²) in [6.07, 6.45) is 0.00362. The number of hydrogen-bond acceptors (Lipinski definition) is 6. The molecule has 6 N–H and O–H groups in total. The maximum atomic E-state index is 13.0. The molecular weight excluding hydrogens is 368 g/mol. The Kier molecular flexibility index (Phi) is 4.04. The maximum Gasteiger partial charge on any atom is 0.275 e. The molecule has 148 valence electrons. The molecular formula is C21H22N6O2. The highest BCUT2D eigenvalue weighted by atomic mass is 16.3. The van der Waals surface area contributed by atoms with E-state index < -0.39 is 6.35 Å². The number of anilines is 2. The van der Waals surface area contributed by atoms with Crippen molar-refractivity contribution in [1.29, 1.82) is 0 Å². The van der Waals surface area contributed by atoms with Crippen LogP contribution in [0.3, 0.4) is 0 Å². The highest BCUT2D eigenvalue weighted by Gasteiger charge is 2.22. The summed E-state index contributed by atoms with van der Waals surface area (Å²) in [5, 5.41) is 16.6. The molecule has 0 aliphatic carbocycles. The molecule has 2 aromatic carbocycles. The molecule has 29 heavy (non-hydrogen) atoms. The number of fused-ring (bicyclic) bond motifs is 3. The predicted molar refractivity (Wildman–Crippen MR) is 115 cm³/mol. The fourth-order valence-electron chi connectivity index (χ4n) is 4.14. The maximum absolute atomic E-state index is 13.0. The minimum atomic E-state index is -0.851.